The van der Waals surface area contributed by atoms with Gasteiger partial charge >= 0.3 is 0 Å². The van der Waals surface area contributed by atoms with Crippen LogP contribution in [0.5, 0.6) is 0 Å². The van der Waals surface area contributed by atoms with Gasteiger partial charge in [0.15, 0.2) is 0 Å². The Morgan fingerprint density at radius 1 is 1.37 bits per heavy atom. The SMILES string of the molecule is O=C(NCC1(CBr)CCCC1)c1ccc(Br)c(Cl)c1. The molecule has 0 saturated heterocycles. The molecule has 0 spiro atoms. The van der Waals surface area contributed by atoms with Gasteiger partial charge in [-0.1, -0.05) is 40.4 Å². The maximum absolute atomic E-state index is 12.1. The highest BCUT2D eigenvalue weighted by Crippen LogP contribution is 2.39. The Morgan fingerprint density at radius 3 is 2.63 bits per heavy atom. The van der Waals surface area contributed by atoms with Gasteiger partial charge in [-0.3, -0.25) is 4.79 Å². The minimum absolute atomic E-state index is 0.0541. The standard InChI is InChI=1S/C14H16Br2ClNO/c15-8-14(5-1-2-6-14)9-18-13(19)10-3-4-11(16)12(17)7-10/h3-4,7H,1-2,5-6,8-9H2,(H,18,19). The number of benzene rings is 1. The van der Waals surface area contributed by atoms with Gasteiger partial charge in [0.25, 0.3) is 5.91 Å². The fraction of sp³-hybridized carbons (Fsp3) is 0.500. The highest BCUT2D eigenvalue weighted by molar-refractivity contribution is 9.10. The average Bonchev–Trinajstić information content (AvgIpc) is 2.89. The van der Waals surface area contributed by atoms with Crippen LogP contribution in [0.1, 0.15) is 36.0 Å². The van der Waals surface area contributed by atoms with Crippen molar-refractivity contribution in [3.63, 3.8) is 0 Å². The van der Waals surface area contributed by atoms with Gasteiger partial charge in [-0.25, -0.2) is 0 Å². The number of halogens is 3. The van der Waals surface area contributed by atoms with Crippen LogP contribution in [-0.2, 0) is 0 Å². The van der Waals surface area contributed by atoms with Gasteiger partial charge < -0.3 is 5.32 Å². The van der Waals surface area contributed by atoms with E-state index in [2.05, 4.69) is 37.2 Å². The molecule has 1 aromatic rings. The van der Waals surface area contributed by atoms with Crippen LogP contribution in [0.4, 0.5) is 0 Å². The number of nitrogens with one attached hydrogen (secondary N) is 1. The van der Waals surface area contributed by atoms with Crippen LogP contribution in [-0.4, -0.2) is 17.8 Å². The van der Waals surface area contributed by atoms with E-state index in [1.165, 1.54) is 25.7 Å². The van der Waals surface area contributed by atoms with Gasteiger partial charge in [-0.2, -0.15) is 0 Å². The summed E-state index contributed by atoms with van der Waals surface area (Å²) in [6.07, 6.45) is 4.87. The van der Waals surface area contributed by atoms with Crippen LogP contribution < -0.4 is 5.32 Å². The lowest BCUT2D eigenvalue weighted by molar-refractivity contribution is 0.0935. The highest BCUT2D eigenvalue weighted by atomic mass is 79.9. The summed E-state index contributed by atoms with van der Waals surface area (Å²) in [4.78, 5) is 12.1. The van der Waals surface area contributed by atoms with Gasteiger partial charge in [-0.15, -0.1) is 0 Å². The monoisotopic (exact) mass is 407 g/mol. The first-order valence-electron chi connectivity index (χ1n) is 6.36. The molecule has 1 aromatic carbocycles. The van der Waals surface area contributed by atoms with Crippen molar-refractivity contribution in [3.05, 3.63) is 33.3 Å². The van der Waals surface area contributed by atoms with Crippen molar-refractivity contribution in [3.8, 4) is 0 Å². The zero-order chi connectivity index (χ0) is 13.9. The zero-order valence-corrected chi connectivity index (χ0v) is 14.4. The molecule has 0 radical (unpaired) electrons. The Bertz CT molecular complexity index is 473. The Hall–Kier alpha value is -0.0600. The van der Waals surface area contributed by atoms with Crippen LogP contribution in [0.25, 0.3) is 0 Å². The smallest absolute Gasteiger partial charge is 0.251 e. The van der Waals surface area contributed by atoms with Crippen LogP contribution >= 0.6 is 43.5 Å². The molecule has 19 heavy (non-hydrogen) atoms. The van der Waals surface area contributed by atoms with E-state index in [9.17, 15) is 4.79 Å². The lowest BCUT2D eigenvalue weighted by Gasteiger charge is -2.26. The van der Waals surface area contributed by atoms with Crippen LogP contribution in [0, 0.1) is 5.41 Å². The molecule has 5 heteroatoms. The fourth-order valence-corrected chi connectivity index (χ4v) is 3.68. The van der Waals surface area contributed by atoms with Crippen molar-refractivity contribution in [1.82, 2.24) is 5.32 Å². The van der Waals surface area contributed by atoms with E-state index < -0.39 is 0 Å². The minimum Gasteiger partial charge on any atom is -0.351 e. The quantitative estimate of drug-likeness (QED) is 0.712. The van der Waals surface area contributed by atoms with Gasteiger partial charge in [0.2, 0.25) is 0 Å². The molecule has 0 atom stereocenters. The van der Waals surface area contributed by atoms with Crippen molar-refractivity contribution in [2.45, 2.75) is 25.7 Å². The van der Waals surface area contributed by atoms with Crippen molar-refractivity contribution < 1.29 is 4.79 Å². The second kappa shape index (κ2) is 6.59. The van der Waals surface area contributed by atoms with E-state index in [1.54, 1.807) is 18.2 Å². The molecule has 0 unspecified atom stereocenters. The molecule has 1 amide bonds. The fourth-order valence-electron chi connectivity index (χ4n) is 2.49. The van der Waals surface area contributed by atoms with E-state index in [0.29, 0.717) is 10.6 Å². The maximum atomic E-state index is 12.1. The van der Waals surface area contributed by atoms with Gasteiger partial charge in [0.05, 0.1) is 5.02 Å². The summed E-state index contributed by atoms with van der Waals surface area (Å²) in [7, 11) is 0. The summed E-state index contributed by atoms with van der Waals surface area (Å²) in [6.45, 7) is 0.727. The number of alkyl halides is 1. The lowest BCUT2D eigenvalue weighted by Crippen LogP contribution is -2.37. The Balaban J connectivity index is 1.99. The third kappa shape index (κ3) is 3.73. The molecular weight excluding hydrogens is 393 g/mol. The van der Waals surface area contributed by atoms with E-state index in [4.69, 9.17) is 11.6 Å². The molecule has 0 heterocycles. The molecule has 2 rings (SSSR count). The summed E-state index contributed by atoms with van der Waals surface area (Å²) < 4.78 is 0.804. The second-order valence-electron chi connectivity index (χ2n) is 5.15. The number of amides is 1. The second-order valence-corrected chi connectivity index (χ2v) is 6.97. The number of rotatable bonds is 4. The molecular formula is C14H16Br2ClNO. The summed E-state index contributed by atoms with van der Waals surface area (Å²) in [5.41, 5.74) is 0.838. The summed E-state index contributed by atoms with van der Waals surface area (Å²) in [6, 6.07) is 5.27. The first kappa shape index (κ1) is 15.3. The summed E-state index contributed by atoms with van der Waals surface area (Å²) in [5.74, 6) is -0.0541. The third-order valence-corrected chi connectivity index (χ3v) is 6.18. The molecule has 1 aliphatic rings. The summed E-state index contributed by atoms with van der Waals surface area (Å²) in [5, 5.41) is 4.54. The van der Waals surface area contributed by atoms with Crippen molar-refractivity contribution in [2.75, 3.05) is 11.9 Å². The maximum Gasteiger partial charge on any atom is 0.251 e. The highest BCUT2D eigenvalue weighted by Gasteiger charge is 2.33. The van der Waals surface area contributed by atoms with Crippen molar-refractivity contribution in [1.29, 1.82) is 0 Å². The van der Waals surface area contributed by atoms with E-state index >= 15 is 0 Å². The van der Waals surface area contributed by atoms with E-state index in [-0.39, 0.29) is 11.3 Å². The average molecular weight is 410 g/mol. The molecule has 1 fully saturated rings. The summed E-state index contributed by atoms with van der Waals surface area (Å²) >= 11 is 12.9. The Kier molecular flexibility index (Phi) is 5.32. The van der Waals surface area contributed by atoms with Gasteiger partial charge in [0, 0.05) is 21.9 Å². The van der Waals surface area contributed by atoms with Crippen LogP contribution in [0.15, 0.2) is 22.7 Å². The molecule has 1 N–H and O–H groups in total. The molecule has 0 bridgehead atoms. The van der Waals surface area contributed by atoms with Crippen molar-refractivity contribution >= 4 is 49.4 Å². The van der Waals surface area contributed by atoms with Crippen LogP contribution in [0.3, 0.4) is 0 Å². The molecule has 0 aliphatic heterocycles. The van der Waals surface area contributed by atoms with E-state index in [1.807, 2.05) is 0 Å². The predicted molar refractivity (Wildman–Crippen MR) is 86.2 cm³/mol. The number of hydrogen-bond acceptors (Lipinski definition) is 1. The Labute approximate surface area is 135 Å². The molecule has 2 nitrogen and oxygen atoms in total. The first-order valence-corrected chi connectivity index (χ1v) is 8.65. The van der Waals surface area contributed by atoms with Crippen LogP contribution in [0.2, 0.25) is 5.02 Å². The predicted octanol–water partition coefficient (Wildman–Crippen LogP) is 4.79. The molecule has 0 aromatic heterocycles. The third-order valence-electron chi connectivity index (χ3n) is 3.75. The van der Waals surface area contributed by atoms with Gasteiger partial charge in [0.1, 0.15) is 0 Å². The largest absolute Gasteiger partial charge is 0.351 e. The number of carbonyl (C=O) groups is 1. The van der Waals surface area contributed by atoms with E-state index in [0.717, 1.165) is 16.3 Å². The van der Waals surface area contributed by atoms with Gasteiger partial charge in [-0.05, 0) is 52.4 Å². The topological polar surface area (TPSA) is 29.1 Å². The minimum atomic E-state index is -0.0541. The normalized spacial score (nSPS) is 17.4. The van der Waals surface area contributed by atoms with Crippen molar-refractivity contribution in [2.24, 2.45) is 5.41 Å². The Morgan fingerprint density at radius 2 is 2.05 bits per heavy atom. The first-order chi connectivity index (χ1) is 9.06. The zero-order valence-electron chi connectivity index (χ0n) is 10.5. The number of carbonyl (C=O) groups excluding carboxylic acids is 1. The molecule has 1 aliphatic carbocycles. The lowest BCUT2D eigenvalue weighted by atomic mass is 9.89. The number of hydrogen-bond donors (Lipinski definition) is 1. The molecule has 1 saturated carbocycles. The molecule has 104 valence electrons.